The summed E-state index contributed by atoms with van der Waals surface area (Å²) < 4.78 is 33.8. The number of methoxy groups -OCH3 is 1. The number of para-hydroxylation sites is 1. The molecule has 0 aliphatic heterocycles. The molecule has 208 valence electrons. The molecule has 0 bridgehead atoms. The van der Waals surface area contributed by atoms with Gasteiger partial charge in [0.15, 0.2) is 0 Å². The minimum atomic E-state index is -4.18. The maximum atomic E-state index is 13.9. The van der Waals surface area contributed by atoms with Crippen molar-refractivity contribution in [3.63, 3.8) is 0 Å². The summed E-state index contributed by atoms with van der Waals surface area (Å²) in [5, 5.41) is 3.44. The lowest BCUT2D eigenvalue weighted by atomic mass is 10.1. The average Bonchev–Trinajstić information content (AvgIpc) is 2.94. The van der Waals surface area contributed by atoms with E-state index in [0.29, 0.717) is 40.0 Å². The highest BCUT2D eigenvalue weighted by atomic mass is 35.5. The second kappa shape index (κ2) is 13.7. The van der Waals surface area contributed by atoms with Gasteiger partial charge in [-0.15, -0.1) is 0 Å². The van der Waals surface area contributed by atoms with Gasteiger partial charge in [-0.2, -0.15) is 0 Å². The van der Waals surface area contributed by atoms with Crippen molar-refractivity contribution in [3.8, 4) is 5.75 Å². The topological polar surface area (TPSA) is 96.0 Å². The maximum absolute atomic E-state index is 13.9. The highest BCUT2D eigenvalue weighted by Crippen LogP contribution is 2.28. The first-order valence-corrected chi connectivity index (χ1v) is 14.5. The quantitative estimate of drug-likeness (QED) is 0.314. The number of carbonyl (C=O) groups is 2. The number of anilines is 1. The largest absolute Gasteiger partial charge is 0.497 e. The van der Waals surface area contributed by atoms with Crippen LogP contribution >= 0.6 is 23.2 Å². The van der Waals surface area contributed by atoms with Crippen molar-refractivity contribution in [2.24, 2.45) is 0 Å². The molecule has 0 unspecified atom stereocenters. The molecule has 1 N–H and O–H groups in total. The van der Waals surface area contributed by atoms with Crippen molar-refractivity contribution < 1.29 is 22.7 Å². The van der Waals surface area contributed by atoms with Crippen LogP contribution in [0.15, 0.2) is 77.7 Å². The predicted octanol–water partition coefficient (Wildman–Crippen LogP) is 5.14. The van der Waals surface area contributed by atoms with E-state index in [0.717, 1.165) is 4.31 Å². The van der Waals surface area contributed by atoms with Crippen molar-refractivity contribution in [2.45, 2.75) is 37.8 Å². The van der Waals surface area contributed by atoms with E-state index in [1.54, 1.807) is 55.5 Å². The zero-order chi connectivity index (χ0) is 28.6. The Hall–Kier alpha value is -3.27. The van der Waals surface area contributed by atoms with Gasteiger partial charge in [0.2, 0.25) is 11.8 Å². The highest BCUT2D eigenvalue weighted by molar-refractivity contribution is 7.92. The Morgan fingerprint density at radius 2 is 1.56 bits per heavy atom. The predicted molar refractivity (Wildman–Crippen MR) is 154 cm³/mol. The Morgan fingerprint density at radius 3 is 2.13 bits per heavy atom. The molecule has 2 amide bonds. The molecule has 0 spiro atoms. The molecular weight excluding hydrogens is 561 g/mol. The van der Waals surface area contributed by atoms with Gasteiger partial charge in [0.25, 0.3) is 10.0 Å². The number of hydrogen-bond donors (Lipinski definition) is 1. The summed E-state index contributed by atoms with van der Waals surface area (Å²) in [4.78, 5) is 28.1. The van der Waals surface area contributed by atoms with E-state index in [2.05, 4.69) is 5.32 Å². The fraction of sp³-hybridized carbons (Fsp3) is 0.286. The molecule has 3 aromatic carbocycles. The summed E-state index contributed by atoms with van der Waals surface area (Å²) in [5.41, 5.74) is 0.745. The molecule has 3 rings (SSSR count). The first-order valence-electron chi connectivity index (χ1n) is 12.3. The first-order chi connectivity index (χ1) is 18.6. The summed E-state index contributed by atoms with van der Waals surface area (Å²) in [6.45, 7) is 3.27. The number of sulfonamides is 1. The number of rotatable bonds is 12. The monoisotopic (exact) mass is 591 g/mol. The number of nitrogens with zero attached hydrogens (tertiary/aromatic N) is 2. The Bertz CT molecular complexity index is 1370. The van der Waals surface area contributed by atoms with E-state index >= 15 is 0 Å². The van der Waals surface area contributed by atoms with E-state index in [1.807, 2.05) is 6.92 Å². The van der Waals surface area contributed by atoms with Crippen molar-refractivity contribution in [2.75, 3.05) is 24.5 Å². The third-order valence-electron chi connectivity index (χ3n) is 6.08. The maximum Gasteiger partial charge on any atom is 0.264 e. The second-order valence-electron chi connectivity index (χ2n) is 8.71. The number of carbonyl (C=O) groups excluding carboxylic acids is 2. The molecule has 0 saturated carbocycles. The van der Waals surface area contributed by atoms with E-state index in [4.69, 9.17) is 27.9 Å². The average molecular weight is 593 g/mol. The smallest absolute Gasteiger partial charge is 0.264 e. The molecule has 0 saturated heterocycles. The summed E-state index contributed by atoms with van der Waals surface area (Å²) in [5.74, 6) is -0.491. The Labute approximate surface area is 239 Å². The van der Waals surface area contributed by atoms with Crippen molar-refractivity contribution in [1.82, 2.24) is 10.2 Å². The van der Waals surface area contributed by atoms with Crippen LogP contribution in [-0.2, 0) is 26.2 Å². The Kier molecular flexibility index (Phi) is 10.6. The van der Waals surface area contributed by atoms with Gasteiger partial charge < -0.3 is 15.0 Å². The number of halogens is 2. The van der Waals surface area contributed by atoms with Crippen molar-refractivity contribution in [1.29, 1.82) is 0 Å². The summed E-state index contributed by atoms with van der Waals surface area (Å²) in [7, 11) is -2.70. The number of hydrogen-bond acceptors (Lipinski definition) is 5. The Balaban J connectivity index is 2.03. The van der Waals surface area contributed by atoms with Crippen LogP contribution in [-0.4, -0.2) is 51.4 Å². The minimum absolute atomic E-state index is 0.0191. The van der Waals surface area contributed by atoms with E-state index in [1.165, 1.54) is 36.3 Å². The number of benzene rings is 3. The SMILES string of the molecule is CCCNC(=O)[C@H](C)N(Cc1c(Cl)cccc1Cl)C(=O)CN(c1ccccc1)S(=O)(=O)c1ccc(OC)cc1. The molecule has 0 fully saturated rings. The molecule has 0 aliphatic rings. The number of ether oxygens (including phenoxy) is 1. The van der Waals surface area contributed by atoms with Gasteiger partial charge in [0.05, 0.1) is 17.7 Å². The minimum Gasteiger partial charge on any atom is -0.497 e. The first kappa shape index (κ1) is 30.3. The third kappa shape index (κ3) is 7.44. The molecule has 0 heterocycles. The van der Waals surface area contributed by atoms with Gasteiger partial charge in [0.1, 0.15) is 18.3 Å². The molecule has 0 aromatic heterocycles. The highest BCUT2D eigenvalue weighted by Gasteiger charge is 2.33. The van der Waals surface area contributed by atoms with Crippen LogP contribution in [0.5, 0.6) is 5.75 Å². The van der Waals surface area contributed by atoms with Gasteiger partial charge >= 0.3 is 0 Å². The van der Waals surface area contributed by atoms with Gasteiger partial charge in [-0.3, -0.25) is 13.9 Å². The lowest BCUT2D eigenvalue weighted by Gasteiger charge is -2.32. The van der Waals surface area contributed by atoms with Crippen LogP contribution in [0, 0.1) is 0 Å². The summed E-state index contributed by atoms with van der Waals surface area (Å²) >= 11 is 12.8. The molecule has 1 atom stereocenters. The van der Waals surface area contributed by atoms with Crippen molar-refractivity contribution >= 4 is 50.7 Å². The molecule has 8 nitrogen and oxygen atoms in total. The molecule has 11 heteroatoms. The van der Waals surface area contributed by atoms with Crippen LogP contribution in [0.4, 0.5) is 5.69 Å². The van der Waals surface area contributed by atoms with Crippen molar-refractivity contribution in [3.05, 3.63) is 88.4 Å². The molecular formula is C28H31Cl2N3O5S. The molecule has 0 aliphatic carbocycles. The third-order valence-corrected chi connectivity index (χ3v) is 8.57. The second-order valence-corrected chi connectivity index (χ2v) is 11.4. The molecule has 0 radical (unpaired) electrons. The van der Waals surface area contributed by atoms with Gasteiger partial charge in [-0.05, 0) is 61.9 Å². The lowest BCUT2D eigenvalue weighted by Crippen LogP contribution is -2.51. The molecule has 39 heavy (non-hydrogen) atoms. The van der Waals surface area contributed by atoms with E-state index in [-0.39, 0.29) is 17.3 Å². The van der Waals surface area contributed by atoms with Gasteiger partial charge in [-0.25, -0.2) is 8.42 Å². The van der Waals surface area contributed by atoms with Crippen LogP contribution in [0.3, 0.4) is 0 Å². The lowest BCUT2D eigenvalue weighted by molar-refractivity contribution is -0.139. The van der Waals surface area contributed by atoms with Crippen LogP contribution < -0.4 is 14.4 Å². The van der Waals surface area contributed by atoms with E-state index < -0.39 is 28.5 Å². The number of amides is 2. The standard InChI is InChI=1S/C28H31Cl2N3O5S/c1-4-17-31-28(35)20(2)32(18-24-25(29)11-8-12-26(24)30)27(34)19-33(21-9-6-5-7-10-21)39(36,37)23-15-13-22(38-3)14-16-23/h5-16,20H,4,17-19H2,1-3H3,(H,31,35)/t20-/m0/s1. The number of nitrogens with one attached hydrogen (secondary N) is 1. The van der Waals surface area contributed by atoms with Crippen LogP contribution in [0.25, 0.3) is 0 Å². The normalized spacial score (nSPS) is 11.9. The zero-order valence-corrected chi connectivity index (χ0v) is 24.3. The molecule has 3 aromatic rings. The van der Waals surface area contributed by atoms with Gasteiger partial charge in [0, 0.05) is 28.7 Å². The van der Waals surface area contributed by atoms with Crippen LogP contribution in [0.1, 0.15) is 25.8 Å². The fourth-order valence-electron chi connectivity index (χ4n) is 3.83. The van der Waals surface area contributed by atoms with Crippen LogP contribution in [0.2, 0.25) is 10.0 Å². The van der Waals surface area contributed by atoms with E-state index in [9.17, 15) is 18.0 Å². The fourth-order valence-corrected chi connectivity index (χ4v) is 5.76. The van der Waals surface area contributed by atoms with Gasteiger partial charge in [-0.1, -0.05) is 54.4 Å². The summed E-state index contributed by atoms with van der Waals surface area (Å²) in [6.07, 6.45) is 0.713. The summed E-state index contributed by atoms with van der Waals surface area (Å²) in [6, 6.07) is 18.2. The zero-order valence-electron chi connectivity index (χ0n) is 21.9. The Morgan fingerprint density at radius 1 is 0.949 bits per heavy atom.